The van der Waals surface area contributed by atoms with Crippen LogP contribution >= 0.6 is 0 Å². The Labute approximate surface area is 135 Å². The summed E-state index contributed by atoms with van der Waals surface area (Å²) >= 11 is 0. The monoisotopic (exact) mass is 312 g/mol. The van der Waals surface area contributed by atoms with E-state index in [-0.39, 0.29) is 11.3 Å². The highest BCUT2D eigenvalue weighted by molar-refractivity contribution is 5.95. The summed E-state index contributed by atoms with van der Waals surface area (Å²) in [5.41, 5.74) is 3.92. The molecule has 1 N–H and O–H groups in total. The lowest BCUT2D eigenvalue weighted by atomic mass is 10.0. The number of hydrogen-bond donors (Lipinski definition) is 1. The third-order valence-corrected chi connectivity index (χ3v) is 3.71. The van der Waals surface area contributed by atoms with Gasteiger partial charge in [-0.15, -0.1) is 5.11 Å². The Morgan fingerprint density at radius 1 is 1.17 bits per heavy atom. The summed E-state index contributed by atoms with van der Waals surface area (Å²) in [6.45, 7) is 5.61. The van der Waals surface area contributed by atoms with Gasteiger partial charge in [0.05, 0.1) is 18.5 Å². The molecule has 2 aromatic rings. The summed E-state index contributed by atoms with van der Waals surface area (Å²) in [5.74, 6) is -0.707. The molecule has 0 heterocycles. The Balaban J connectivity index is 2.42. The first-order valence-corrected chi connectivity index (χ1v) is 7.40. The fourth-order valence-electron chi connectivity index (χ4n) is 2.37. The van der Waals surface area contributed by atoms with Crippen LogP contribution in [-0.2, 0) is 11.2 Å². The number of phenolic OH excluding ortho intramolecular Hbond substituents is 1. The zero-order chi connectivity index (χ0) is 17.0. The SMILES string of the molecule is CCc1ccc(N=Nc2c(C)cc(O)c(C(=O)OC)c2C)cc1. The third-order valence-electron chi connectivity index (χ3n) is 3.71. The molecule has 0 saturated carbocycles. The molecule has 0 amide bonds. The Bertz CT molecular complexity index is 750. The van der Waals surface area contributed by atoms with Crippen molar-refractivity contribution >= 4 is 17.3 Å². The van der Waals surface area contributed by atoms with Gasteiger partial charge in [-0.05, 0) is 55.2 Å². The van der Waals surface area contributed by atoms with Crippen LogP contribution in [0.5, 0.6) is 5.75 Å². The summed E-state index contributed by atoms with van der Waals surface area (Å²) in [6.07, 6.45) is 0.968. The van der Waals surface area contributed by atoms with E-state index in [1.54, 1.807) is 6.92 Å². The van der Waals surface area contributed by atoms with Crippen molar-refractivity contribution in [3.05, 3.63) is 52.6 Å². The highest BCUT2D eigenvalue weighted by atomic mass is 16.5. The third kappa shape index (κ3) is 3.56. The summed E-state index contributed by atoms with van der Waals surface area (Å²) < 4.78 is 4.71. The van der Waals surface area contributed by atoms with Crippen molar-refractivity contribution in [2.75, 3.05) is 7.11 Å². The predicted octanol–water partition coefficient (Wildman–Crippen LogP) is 4.77. The number of methoxy groups -OCH3 is 1. The van der Waals surface area contributed by atoms with Crippen molar-refractivity contribution < 1.29 is 14.6 Å². The number of benzene rings is 2. The van der Waals surface area contributed by atoms with Gasteiger partial charge >= 0.3 is 5.97 Å². The number of hydrogen-bond acceptors (Lipinski definition) is 5. The molecule has 2 rings (SSSR count). The second-order valence-electron chi connectivity index (χ2n) is 5.27. The minimum Gasteiger partial charge on any atom is -0.507 e. The summed E-state index contributed by atoms with van der Waals surface area (Å²) in [6, 6.07) is 9.30. The second-order valence-corrected chi connectivity index (χ2v) is 5.27. The number of aromatic hydroxyl groups is 1. The Kier molecular flexibility index (Phi) is 5.11. The highest BCUT2D eigenvalue weighted by Gasteiger charge is 2.19. The van der Waals surface area contributed by atoms with E-state index in [0.717, 1.165) is 17.7 Å². The van der Waals surface area contributed by atoms with Gasteiger partial charge in [-0.3, -0.25) is 0 Å². The maximum absolute atomic E-state index is 11.8. The molecule has 0 spiro atoms. The quantitative estimate of drug-likeness (QED) is 0.652. The maximum atomic E-state index is 11.8. The van der Waals surface area contributed by atoms with E-state index in [4.69, 9.17) is 4.74 Å². The first kappa shape index (κ1) is 16.7. The number of carbonyl (C=O) groups is 1. The molecule has 0 atom stereocenters. The van der Waals surface area contributed by atoms with Crippen molar-refractivity contribution in [2.45, 2.75) is 27.2 Å². The summed E-state index contributed by atoms with van der Waals surface area (Å²) in [4.78, 5) is 11.8. The molecular formula is C18H20N2O3. The van der Waals surface area contributed by atoms with Crippen molar-refractivity contribution in [2.24, 2.45) is 10.2 Å². The lowest BCUT2D eigenvalue weighted by molar-refractivity contribution is 0.0596. The molecule has 0 radical (unpaired) electrons. The fourth-order valence-corrected chi connectivity index (χ4v) is 2.37. The van der Waals surface area contributed by atoms with Gasteiger partial charge in [-0.2, -0.15) is 5.11 Å². The van der Waals surface area contributed by atoms with E-state index < -0.39 is 5.97 Å². The van der Waals surface area contributed by atoms with E-state index in [0.29, 0.717) is 11.3 Å². The van der Waals surface area contributed by atoms with Crippen LogP contribution in [0.4, 0.5) is 11.4 Å². The minimum atomic E-state index is -0.594. The van der Waals surface area contributed by atoms with Crippen LogP contribution in [0.2, 0.25) is 0 Å². The van der Waals surface area contributed by atoms with Crippen LogP contribution in [-0.4, -0.2) is 18.2 Å². The van der Waals surface area contributed by atoms with Crippen molar-refractivity contribution in [1.29, 1.82) is 0 Å². The lowest BCUT2D eigenvalue weighted by Gasteiger charge is -2.11. The van der Waals surface area contributed by atoms with Crippen LogP contribution in [0.25, 0.3) is 0 Å². The molecule has 0 aliphatic carbocycles. The minimum absolute atomic E-state index is 0.113. The van der Waals surface area contributed by atoms with E-state index in [9.17, 15) is 9.90 Å². The van der Waals surface area contributed by atoms with Gasteiger partial charge in [0, 0.05) is 0 Å². The highest BCUT2D eigenvalue weighted by Crippen LogP contribution is 2.34. The lowest BCUT2D eigenvalue weighted by Crippen LogP contribution is -2.05. The van der Waals surface area contributed by atoms with Crippen LogP contribution in [0.1, 0.15) is 34.0 Å². The normalized spacial score (nSPS) is 11.0. The zero-order valence-corrected chi connectivity index (χ0v) is 13.8. The summed E-state index contributed by atoms with van der Waals surface area (Å²) in [7, 11) is 1.28. The largest absolute Gasteiger partial charge is 0.507 e. The van der Waals surface area contributed by atoms with Crippen molar-refractivity contribution in [1.82, 2.24) is 0 Å². The molecule has 0 aliphatic heterocycles. The van der Waals surface area contributed by atoms with E-state index >= 15 is 0 Å². The number of phenols is 1. The van der Waals surface area contributed by atoms with Gasteiger partial charge in [0.15, 0.2) is 0 Å². The molecule has 0 unspecified atom stereocenters. The molecule has 0 bridgehead atoms. The van der Waals surface area contributed by atoms with Gasteiger partial charge in [-0.25, -0.2) is 4.79 Å². The molecule has 2 aromatic carbocycles. The Morgan fingerprint density at radius 2 is 1.83 bits per heavy atom. The maximum Gasteiger partial charge on any atom is 0.341 e. The molecule has 5 heteroatoms. The number of carbonyl (C=O) groups excluding carboxylic acids is 1. The van der Waals surface area contributed by atoms with E-state index in [1.807, 2.05) is 31.2 Å². The Morgan fingerprint density at radius 3 is 2.39 bits per heavy atom. The molecule has 0 aliphatic rings. The topological polar surface area (TPSA) is 71.2 Å². The molecule has 23 heavy (non-hydrogen) atoms. The molecule has 0 saturated heterocycles. The standard InChI is InChI=1S/C18H20N2O3/c1-5-13-6-8-14(9-7-13)19-20-17-11(2)10-15(21)16(12(17)3)18(22)23-4/h6-10,21H,5H2,1-4H3. The van der Waals surface area contributed by atoms with Gasteiger partial charge in [0.2, 0.25) is 0 Å². The van der Waals surface area contributed by atoms with Crippen LogP contribution in [0.15, 0.2) is 40.6 Å². The number of azo groups is 1. The van der Waals surface area contributed by atoms with Gasteiger partial charge in [0.1, 0.15) is 11.3 Å². The van der Waals surface area contributed by atoms with Crippen LogP contribution < -0.4 is 0 Å². The molecule has 0 fully saturated rings. The van der Waals surface area contributed by atoms with Crippen molar-refractivity contribution in [3.63, 3.8) is 0 Å². The van der Waals surface area contributed by atoms with Crippen LogP contribution in [0.3, 0.4) is 0 Å². The number of aryl methyl sites for hydroxylation is 2. The molecule has 5 nitrogen and oxygen atoms in total. The van der Waals surface area contributed by atoms with E-state index in [1.165, 1.54) is 18.7 Å². The number of rotatable bonds is 4. The molecule has 0 aromatic heterocycles. The number of nitrogens with zero attached hydrogens (tertiary/aromatic N) is 2. The van der Waals surface area contributed by atoms with Gasteiger partial charge in [-0.1, -0.05) is 19.1 Å². The summed E-state index contributed by atoms with van der Waals surface area (Å²) in [5, 5.41) is 18.4. The predicted molar refractivity (Wildman–Crippen MR) is 88.9 cm³/mol. The van der Waals surface area contributed by atoms with Gasteiger partial charge in [0.25, 0.3) is 0 Å². The molecular weight excluding hydrogens is 292 g/mol. The van der Waals surface area contributed by atoms with Crippen LogP contribution in [0, 0.1) is 13.8 Å². The Hall–Kier alpha value is -2.69. The first-order chi connectivity index (χ1) is 11.0. The number of ether oxygens (including phenoxy) is 1. The second kappa shape index (κ2) is 7.05. The number of esters is 1. The zero-order valence-electron chi connectivity index (χ0n) is 13.8. The smallest absolute Gasteiger partial charge is 0.341 e. The first-order valence-electron chi connectivity index (χ1n) is 7.40. The van der Waals surface area contributed by atoms with Gasteiger partial charge < -0.3 is 9.84 Å². The average Bonchev–Trinajstić information content (AvgIpc) is 2.54. The van der Waals surface area contributed by atoms with Crippen molar-refractivity contribution in [3.8, 4) is 5.75 Å². The fraction of sp³-hybridized carbons (Fsp3) is 0.278. The molecule has 120 valence electrons. The van der Waals surface area contributed by atoms with E-state index in [2.05, 4.69) is 17.2 Å². The average molecular weight is 312 g/mol.